The van der Waals surface area contributed by atoms with Crippen LogP contribution in [0.1, 0.15) is 12.8 Å². The lowest BCUT2D eigenvalue weighted by molar-refractivity contribution is -0.140. The number of benzene rings is 1. The molecule has 0 bridgehead atoms. The Kier molecular flexibility index (Phi) is 4.84. The van der Waals surface area contributed by atoms with Crippen molar-refractivity contribution < 1.29 is 9.53 Å². The smallest absolute Gasteiger partial charge is 0.256 e. The molecule has 1 aliphatic heterocycles. The summed E-state index contributed by atoms with van der Waals surface area (Å²) in [6.45, 7) is 1.57. The number of carbonyl (C=O) groups is 1. The van der Waals surface area contributed by atoms with Crippen molar-refractivity contribution in [2.45, 2.75) is 18.4 Å². The van der Waals surface area contributed by atoms with Crippen LogP contribution < -0.4 is 10.6 Å². The highest BCUT2D eigenvalue weighted by Gasteiger charge is 2.39. The molecule has 1 aromatic rings. The van der Waals surface area contributed by atoms with E-state index in [2.05, 4.69) is 26.6 Å². The van der Waals surface area contributed by atoms with Crippen molar-refractivity contribution in [3.05, 3.63) is 27.7 Å². The summed E-state index contributed by atoms with van der Waals surface area (Å²) in [5.74, 6) is -0.106. The van der Waals surface area contributed by atoms with Gasteiger partial charge in [0.15, 0.2) is 0 Å². The lowest BCUT2D eigenvalue weighted by Crippen LogP contribution is -2.51. The summed E-state index contributed by atoms with van der Waals surface area (Å²) in [5.41, 5.74) is -0.0339. The summed E-state index contributed by atoms with van der Waals surface area (Å²) >= 11 is 9.27. The molecular formula is C13H16BrClN2O2. The quantitative estimate of drug-likeness (QED) is 0.884. The van der Waals surface area contributed by atoms with Crippen LogP contribution in [0.4, 0.5) is 5.69 Å². The molecule has 1 aliphatic rings. The molecule has 0 radical (unpaired) electrons. The molecule has 0 unspecified atom stereocenters. The zero-order valence-electron chi connectivity index (χ0n) is 10.6. The molecule has 1 heterocycles. The van der Waals surface area contributed by atoms with Crippen molar-refractivity contribution >= 4 is 39.1 Å². The van der Waals surface area contributed by atoms with Crippen LogP contribution in [-0.2, 0) is 9.53 Å². The Morgan fingerprint density at radius 3 is 2.74 bits per heavy atom. The second kappa shape index (κ2) is 6.22. The predicted octanol–water partition coefficient (Wildman–Crippen LogP) is 2.81. The van der Waals surface area contributed by atoms with E-state index in [9.17, 15) is 4.79 Å². The molecular weight excluding hydrogens is 332 g/mol. The van der Waals surface area contributed by atoms with Crippen molar-refractivity contribution in [3.63, 3.8) is 0 Å². The highest BCUT2D eigenvalue weighted by atomic mass is 79.9. The normalized spacial score (nSPS) is 18.1. The van der Waals surface area contributed by atoms with Gasteiger partial charge in [-0.15, -0.1) is 0 Å². The van der Waals surface area contributed by atoms with E-state index in [1.54, 1.807) is 25.3 Å². The van der Waals surface area contributed by atoms with E-state index in [0.717, 1.165) is 17.6 Å². The van der Waals surface area contributed by atoms with Crippen molar-refractivity contribution in [1.29, 1.82) is 0 Å². The van der Waals surface area contributed by atoms with E-state index in [0.29, 0.717) is 23.6 Å². The zero-order chi connectivity index (χ0) is 13.9. The lowest BCUT2D eigenvalue weighted by atomic mass is 9.91. The first-order valence-electron chi connectivity index (χ1n) is 6.10. The number of nitrogens with one attached hydrogen (secondary N) is 2. The fourth-order valence-electron chi connectivity index (χ4n) is 2.17. The number of ether oxygens (including phenoxy) is 1. The number of hydrogen-bond donors (Lipinski definition) is 2. The van der Waals surface area contributed by atoms with E-state index in [-0.39, 0.29) is 5.91 Å². The summed E-state index contributed by atoms with van der Waals surface area (Å²) in [6.07, 6.45) is 1.34. The van der Waals surface area contributed by atoms with Crippen LogP contribution in [0.15, 0.2) is 22.7 Å². The minimum Gasteiger partial charge on any atom is -0.368 e. The van der Waals surface area contributed by atoms with Gasteiger partial charge >= 0.3 is 0 Å². The zero-order valence-corrected chi connectivity index (χ0v) is 13.0. The Bertz CT molecular complexity index is 476. The van der Waals surface area contributed by atoms with Crippen LogP contribution in [0.5, 0.6) is 0 Å². The number of methoxy groups -OCH3 is 1. The fourth-order valence-corrected chi connectivity index (χ4v) is 2.67. The molecule has 19 heavy (non-hydrogen) atoms. The van der Waals surface area contributed by atoms with Gasteiger partial charge in [-0.3, -0.25) is 4.79 Å². The molecule has 0 aromatic heterocycles. The molecule has 6 heteroatoms. The van der Waals surface area contributed by atoms with Crippen LogP contribution in [0.3, 0.4) is 0 Å². The molecule has 1 amide bonds. The molecule has 1 fully saturated rings. The number of piperidine rings is 1. The minimum atomic E-state index is -0.739. The second-order valence-corrected chi connectivity index (χ2v) is 5.79. The minimum absolute atomic E-state index is 0.106. The summed E-state index contributed by atoms with van der Waals surface area (Å²) in [7, 11) is 1.59. The van der Waals surface area contributed by atoms with E-state index in [1.165, 1.54) is 0 Å². The number of anilines is 1. The van der Waals surface area contributed by atoms with Crippen LogP contribution in [-0.4, -0.2) is 31.7 Å². The van der Waals surface area contributed by atoms with E-state index in [4.69, 9.17) is 16.3 Å². The maximum Gasteiger partial charge on any atom is 0.256 e. The van der Waals surface area contributed by atoms with Crippen LogP contribution in [0.25, 0.3) is 0 Å². The molecule has 104 valence electrons. The molecule has 0 saturated carbocycles. The third kappa shape index (κ3) is 3.28. The lowest BCUT2D eigenvalue weighted by Gasteiger charge is -2.34. The third-order valence-electron chi connectivity index (χ3n) is 3.39. The predicted molar refractivity (Wildman–Crippen MR) is 79.6 cm³/mol. The summed E-state index contributed by atoms with van der Waals surface area (Å²) in [5, 5.41) is 6.73. The molecule has 2 N–H and O–H groups in total. The molecule has 2 rings (SSSR count). The molecule has 0 spiro atoms. The standard InChI is InChI=1S/C13H16BrClN2O2/c1-19-13(4-6-16-7-5-13)12(18)17-9-2-3-11(15)10(14)8-9/h2-3,8,16H,4-7H2,1H3,(H,17,18). The average molecular weight is 348 g/mol. The summed E-state index contributed by atoms with van der Waals surface area (Å²) in [4.78, 5) is 12.4. The molecule has 0 aliphatic carbocycles. The van der Waals surface area contributed by atoms with Crippen LogP contribution >= 0.6 is 27.5 Å². The average Bonchev–Trinajstić information content (AvgIpc) is 2.43. The van der Waals surface area contributed by atoms with Gasteiger partial charge < -0.3 is 15.4 Å². The molecule has 4 nitrogen and oxygen atoms in total. The van der Waals surface area contributed by atoms with Gasteiger partial charge in [0.2, 0.25) is 0 Å². The number of carbonyl (C=O) groups excluding carboxylic acids is 1. The largest absolute Gasteiger partial charge is 0.368 e. The van der Waals surface area contributed by atoms with E-state index < -0.39 is 5.60 Å². The van der Waals surface area contributed by atoms with Crippen LogP contribution in [0.2, 0.25) is 5.02 Å². The molecule has 1 aromatic carbocycles. The first kappa shape index (κ1) is 14.8. The van der Waals surface area contributed by atoms with Gasteiger partial charge in [-0.2, -0.15) is 0 Å². The van der Waals surface area contributed by atoms with Gasteiger partial charge in [-0.25, -0.2) is 0 Å². The first-order valence-corrected chi connectivity index (χ1v) is 7.27. The number of rotatable bonds is 3. The van der Waals surface area contributed by atoms with Gasteiger partial charge in [0.1, 0.15) is 5.60 Å². The first-order chi connectivity index (χ1) is 9.07. The second-order valence-electron chi connectivity index (χ2n) is 4.53. The summed E-state index contributed by atoms with van der Waals surface area (Å²) < 4.78 is 6.23. The Labute approximate surface area is 126 Å². The maximum absolute atomic E-state index is 12.4. The Morgan fingerprint density at radius 1 is 1.47 bits per heavy atom. The van der Waals surface area contributed by atoms with Crippen molar-refractivity contribution in [2.24, 2.45) is 0 Å². The van der Waals surface area contributed by atoms with Crippen molar-refractivity contribution in [1.82, 2.24) is 5.32 Å². The maximum atomic E-state index is 12.4. The Hall–Kier alpha value is -0.620. The topological polar surface area (TPSA) is 50.4 Å². The number of halogens is 2. The SMILES string of the molecule is COC1(C(=O)Nc2ccc(Cl)c(Br)c2)CCNCC1. The number of amides is 1. The van der Waals surface area contributed by atoms with Gasteiger partial charge in [0.25, 0.3) is 5.91 Å². The molecule has 1 saturated heterocycles. The highest BCUT2D eigenvalue weighted by molar-refractivity contribution is 9.10. The number of hydrogen-bond acceptors (Lipinski definition) is 3. The summed E-state index contributed by atoms with van der Waals surface area (Å²) in [6, 6.07) is 5.29. The van der Waals surface area contributed by atoms with Gasteiger partial charge in [0.05, 0.1) is 5.02 Å². The monoisotopic (exact) mass is 346 g/mol. The fraction of sp³-hybridized carbons (Fsp3) is 0.462. The molecule has 0 atom stereocenters. The van der Waals surface area contributed by atoms with Crippen molar-refractivity contribution in [3.8, 4) is 0 Å². The van der Waals surface area contributed by atoms with E-state index >= 15 is 0 Å². The van der Waals surface area contributed by atoms with E-state index in [1.807, 2.05) is 0 Å². The van der Waals surface area contributed by atoms with Gasteiger partial charge in [-0.1, -0.05) is 11.6 Å². The van der Waals surface area contributed by atoms with Crippen molar-refractivity contribution in [2.75, 3.05) is 25.5 Å². The third-order valence-corrected chi connectivity index (χ3v) is 4.61. The van der Waals surface area contributed by atoms with Gasteiger partial charge in [0, 0.05) is 17.3 Å². The highest BCUT2D eigenvalue weighted by Crippen LogP contribution is 2.28. The van der Waals surface area contributed by atoms with Gasteiger partial charge in [-0.05, 0) is 60.1 Å². The van der Waals surface area contributed by atoms with Crippen LogP contribution in [0, 0.1) is 0 Å². The Morgan fingerprint density at radius 2 is 2.16 bits per heavy atom. The Balaban J connectivity index is 2.12.